The Morgan fingerprint density at radius 2 is 2.00 bits per heavy atom. The van der Waals surface area contributed by atoms with Gasteiger partial charge in [0.2, 0.25) is 0 Å². The van der Waals surface area contributed by atoms with Gasteiger partial charge in [-0.15, -0.1) is 0 Å². The molecular weight excluding hydrogens is 200 g/mol. The molecule has 0 atom stereocenters. The third kappa shape index (κ3) is 3.16. The van der Waals surface area contributed by atoms with Crippen LogP contribution < -0.4 is 4.74 Å². The lowest BCUT2D eigenvalue weighted by Gasteiger charge is -2.22. The van der Waals surface area contributed by atoms with Crippen LogP contribution in [0.15, 0.2) is 18.2 Å². The lowest BCUT2D eigenvalue weighted by Crippen LogP contribution is -2.23. The van der Waals surface area contributed by atoms with Crippen LogP contribution in [-0.4, -0.2) is 10.7 Å². The molecule has 0 amide bonds. The fourth-order valence-corrected chi connectivity index (χ4v) is 1.75. The summed E-state index contributed by atoms with van der Waals surface area (Å²) in [6, 6.07) is 5.70. The van der Waals surface area contributed by atoms with Crippen LogP contribution in [0.1, 0.15) is 39.2 Å². The smallest absolute Gasteiger partial charge is 0.161 e. The third-order valence-electron chi connectivity index (χ3n) is 2.66. The number of hydrogen-bond donors (Lipinski definition) is 1. The van der Waals surface area contributed by atoms with Crippen molar-refractivity contribution in [3.63, 3.8) is 0 Å². The Kier molecular flexibility index (Phi) is 2.83. The van der Waals surface area contributed by atoms with E-state index in [9.17, 15) is 5.11 Å². The van der Waals surface area contributed by atoms with Crippen molar-refractivity contribution in [1.29, 1.82) is 0 Å². The molecule has 0 saturated heterocycles. The summed E-state index contributed by atoms with van der Waals surface area (Å²) in [6.07, 6.45) is 3.80. The molecule has 0 radical (unpaired) electrons. The SMILES string of the molecule is CC(C)(C)Oc1cc(CC2CC2)ccc1O. The molecule has 16 heavy (non-hydrogen) atoms. The van der Waals surface area contributed by atoms with E-state index in [1.54, 1.807) is 6.07 Å². The number of hydrogen-bond acceptors (Lipinski definition) is 2. The average Bonchev–Trinajstić information content (AvgIpc) is 2.92. The third-order valence-corrected chi connectivity index (χ3v) is 2.66. The fraction of sp³-hybridized carbons (Fsp3) is 0.571. The minimum Gasteiger partial charge on any atom is -0.504 e. The van der Waals surface area contributed by atoms with Crippen molar-refractivity contribution in [2.24, 2.45) is 5.92 Å². The largest absolute Gasteiger partial charge is 0.504 e. The second kappa shape index (κ2) is 4.00. The Morgan fingerprint density at radius 1 is 1.31 bits per heavy atom. The molecule has 2 nitrogen and oxygen atoms in total. The van der Waals surface area contributed by atoms with Crippen LogP contribution in [0, 0.1) is 5.92 Å². The number of aromatic hydroxyl groups is 1. The minimum absolute atomic E-state index is 0.231. The van der Waals surface area contributed by atoms with Crippen LogP contribution in [0.3, 0.4) is 0 Å². The van der Waals surface area contributed by atoms with E-state index < -0.39 is 0 Å². The van der Waals surface area contributed by atoms with Gasteiger partial charge in [0.05, 0.1) is 0 Å². The summed E-state index contributed by atoms with van der Waals surface area (Å²) >= 11 is 0. The molecule has 0 unspecified atom stereocenters. The van der Waals surface area contributed by atoms with Gasteiger partial charge in [0.25, 0.3) is 0 Å². The van der Waals surface area contributed by atoms with Crippen molar-refractivity contribution < 1.29 is 9.84 Å². The first-order valence-corrected chi connectivity index (χ1v) is 5.95. The zero-order chi connectivity index (χ0) is 11.8. The van der Waals surface area contributed by atoms with Crippen molar-refractivity contribution >= 4 is 0 Å². The van der Waals surface area contributed by atoms with E-state index in [1.165, 1.54) is 18.4 Å². The summed E-state index contributed by atoms with van der Waals surface area (Å²) in [5.74, 6) is 1.69. The van der Waals surface area contributed by atoms with Crippen molar-refractivity contribution in [2.45, 2.75) is 45.6 Å². The van der Waals surface area contributed by atoms with Gasteiger partial charge in [-0.2, -0.15) is 0 Å². The lowest BCUT2D eigenvalue weighted by molar-refractivity contribution is 0.126. The van der Waals surface area contributed by atoms with Gasteiger partial charge < -0.3 is 9.84 Å². The number of ether oxygens (including phenoxy) is 1. The van der Waals surface area contributed by atoms with Crippen molar-refractivity contribution in [3.05, 3.63) is 23.8 Å². The summed E-state index contributed by atoms with van der Waals surface area (Å²) < 4.78 is 5.73. The number of benzene rings is 1. The normalized spacial score (nSPS) is 16.2. The number of rotatable bonds is 3. The Morgan fingerprint density at radius 3 is 2.56 bits per heavy atom. The van der Waals surface area contributed by atoms with Crippen LogP contribution in [0.2, 0.25) is 0 Å². The number of phenols is 1. The Bertz CT molecular complexity index is 373. The molecule has 1 N–H and O–H groups in total. The molecule has 0 aromatic heterocycles. The molecule has 1 aliphatic rings. The quantitative estimate of drug-likeness (QED) is 0.844. The summed E-state index contributed by atoms with van der Waals surface area (Å²) in [4.78, 5) is 0. The first-order chi connectivity index (χ1) is 7.44. The highest BCUT2D eigenvalue weighted by Crippen LogP contribution is 2.36. The Balaban J connectivity index is 2.14. The molecule has 1 aromatic rings. The highest BCUT2D eigenvalue weighted by Gasteiger charge is 2.22. The van der Waals surface area contributed by atoms with Gasteiger partial charge in [-0.05, 0) is 63.6 Å². The summed E-state index contributed by atoms with van der Waals surface area (Å²) in [5, 5.41) is 9.72. The second-order valence-electron chi connectivity index (χ2n) is 5.66. The molecule has 2 heteroatoms. The molecule has 0 bridgehead atoms. The zero-order valence-corrected chi connectivity index (χ0v) is 10.3. The van der Waals surface area contributed by atoms with E-state index in [2.05, 4.69) is 0 Å². The molecule has 1 fully saturated rings. The Hall–Kier alpha value is -1.18. The van der Waals surface area contributed by atoms with Crippen molar-refractivity contribution in [1.82, 2.24) is 0 Å². The maximum Gasteiger partial charge on any atom is 0.161 e. The first kappa shape index (κ1) is 11.3. The lowest BCUT2D eigenvalue weighted by atomic mass is 10.1. The topological polar surface area (TPSA) is 29.5 Å². The van der Waals surface area contributed by atoms with Crippen LogP contribution in [0.5, 0.6) is 11.5 Å². The average molecular weight is 220 g/mol. The van der Waals surface area contributed by atoms with E-state index >= 15 is 0 Å². The summed E-state index contributed by atoms with van der Waals surface area (Å²) in [7, 11) is 0. The predicted molar refractivity (Wildman–Crippen MR) is 64.9 cm³/mol. The first-order valence-electron chi connectivity index (χ1n) is 5.95. The van der Waals surface area contributed by atoms with E-state index in [0.29, 0.717) is 5.75 Å². The Labute approximate surface area is 97.3 Å². The number of phenolic OH excluding ortho intramolecular Hbond substituents is 1. The maximum absolute atomic E-state index is 9.72. The van der Waals surface area contributed by atoms with Gasteiger partial charge in [0.15, 0.2) is 11.5 Å². The second-order valence-corrected chi connectivity index (χ2v) is 5.66. The molecule has 0 heterocycles. The molecule has 0 aliphatic heterocycles. The molecule has 1 saturated carbocycles. The minimum atomic E-state index is -0.268. The van der Waals surface area contributed by atoms with Gasteiger partial charge in [0.1, 0.15) is 5.60 Å². The van der Waals surface area contributed by atoms with E-state index in [4.69, 9.17) is 4.74 Å². The van der Waals surface area contributed by atoms with E-state index in [1.807, 2.05) is 32.9 Å². The zero-order valence-electron chi connectivity index (χ0n) is 10.3. The summed E-state index contributed by atoms with van der Waals surface area (Å²) in [5.41, 5.74) is 0.995. The van der Waals surface area contributed by atoms with Gasteiger partial charge in [0, 0.05) is 0 Å². The standard InChI is InChI=1S/C14H20O2/c1-14(2,3)16-13-9-11(6-7-12(13)15)8-10-4-5-10/h6-7,9-10,15H,4-5,8H2,1-3H3. The molecule has 88 valence electrons. The van der Waals surface area contributed by atoms with E-state index in [0.717, 1.165) is 12.3 Å². The summed E-state index contributed by atoms with van der Waals surface area (Å²) in [6.45, 7) is 5.96. The highest BCUT2D eigenvalue weighted by atomic mass is 16.5. The molecule has 2 rings (SSSR count). The highest BCUT2D eigenvalue weighted by molar-refractivity contribution is 5.42. The van der Waals surface area contributed by atoms with Gasteiger partial charge in [-0.3, -0.25) is 0 Å². The molecular formula is C14H20O2. The maximum atomic E-state index is 9.72. The van der Waals surface area contributed by atoms with Crippen molar-refractivity contribution in [2.75, 3.05) is 0 Å². The van der Waals surface area contributed by atoms with Crippen LogP contribution in [0.25, 0.3) is 0 Å². The van der Waals surface area contributed by atoms with Crippen LogP contribution >= 0.6 is 0 Å². The van der Waals surface area contributed by atoms with Crippen LogP contribution in [-0.2, 0) is 6.42 Å². The molecule has 1 aromatic carbocycles. The molecule has 0 spiro atoms. The van der Waals surface area contributed by atoms with Crippen molar-refractivity contribution in [3.8, 4) is 11.5 Å². The van der Waals surface area contributed by atoms with Gasteiger partial charge in [-0.25, -0.2) is 0 Å². The molecule has 1 aliphatic carbocycles. The van der Waals surface area contributed by atoms with Crippen LogP contribution in [0.4, 0.5) is 0 Å². The van der Waals surface area contributed by atoms with Gasteiger partial charge >= 0.3 is 0 Å². The van der Waals surface area contributed by atoms with Gasteiger partial charge in [-0.1, -0.05) is 6.07 Å². The fourth-order valence-electron chi connectivity index (χ4n) is 1.75. The predicted octanol–water partition coefficient (Wildman–Crippen LogP) is 3.52. The monoisotopic (exact) mass is 220 g/mol. The van der Waals surface area contributed by atoms with E-state index in [-0.39, 0.29) is 11.4 Å².